The fourth-order valence-electron chi connectivity index (χ4n) is 1.37. The Kier molecular flexibility index (Phi) is 2.46. The number of hydrogen-bond donors (Lipinski definition) is 2. The lowest BCUT2D eigenvalue weighted by Crippen LogP contribution is -2.07. The summed E-state index contributed by atoms with van der Waals surface area (Å²) in [6.45, 7) is 3.87. The van der Waals surface area contributed by atoms with Crippen molar-refractivity contribution < 1.29 is 0 Å². The van der Waals surface area contributed by atoms with E-state index in [1.54, 1.807) is 0 Å². The topological polar surface area (TPSA) is 12.0 Å². The van der Waals surface area contributed by atoms with Crippen molar-refractivity contribution in [1.29, 1.82) is 0 Å². The molecule has 9 heavy (non-hydrogen) atoms. The summed E-state index contributed by atoms with van der Waals surface area (Å²) in [6, 6.07) is 0. The molecule has 1 N–H and O–H groups in total. The summed E-state index contributed by atoms with van der Waals surface area (Å²) >= 11 is 3.94. The number of hydrogen-bond acceptors (Lipinski definition) is 2. The van der Waals surface area contributed by atoms with Gasteiger partial charge < -0.3 is 4.72 Å². The maximum atomic E-state index is 3.94. The zero-order valence-electron chi connectivity index (χ0n) is 5.56. The van der Waals surface area contributed by atoms with E-state index in [9.17, 15) is 0 Å². The van der Waals surface area contributed by atoms with E-state index in [2.05, 4.69) is 24.1 Å². The quantitative estimate of drug-likeness (QED) is 0.564. The average molecular weight is 143 g/mol. The van der Waals surface area contributed by atoms with Crippen molar-refractivity contribution in [1.82, 2.24) is 4.72 Å². The Morgan fingerprint density at radius 2 is 2.00 bits per heavy atom. The summed E-state index contributed by atoms with van der Waals surface area (Å²) in [4.78, 5) is 0. The van der Waals surface area contributed by atoms with Crippen molar-refractivity contribution in [3.8, 4) is 0 Å². The summed E-state index contributed by atoms with van der Waals surface area (Å²) in [5.74, 6) is 0.697. The summed E-state index contributed by atoms with van der Waals surface area (Å²) in [6.07, 6.45) is 5.32. The molecule has 0 aliphatic heterocycles. The van der Waals surface area contributed by atoms with Gasteiger partial charge in [0.2, 0.25) is 0 Å². The maximum Gasteiger partial charge on any atom is 0.0167 e. The summed E-state index contributed by atoms with van der Waals surface area (Å²) in [5.41, 5.74) is 1.09. The molecule has 0 aromatic rings. The number of nitrogens with one attached hydrogen (secondary N) is 1. The Morgan fingerprint density at radius 1 is 1.44 bits per heavy atom. The molecule has 1 saturated carbocycles. The van der Waals surface area contributed by atoms with Crippen LogP contribution in [0.2, 0.25) is 0 Å². The van der Waals surface area contributed by atoms with E-state index in [1.165, 1.54) is 25.7 Å². The SMILES string of the molecule is C=C(NS)C1CCCC1. The summed E-state index contributed by atoms with van der Waals surface area (Å²) in [7, 11) is 0. The van der Waals surface area contributed by atoms with E-state index in [4.69, 9.17) is 0 Å². The van der Waals surface area contributed by atoms with Crippen LogP contribution in [-0.4, -0.2) is 0 Å². The van der Waals surface area contributed by atoms with Gasteiger partial charge >= 0.3 is 0 Å². The van der Waals surface area contributed by atoms with Gasteiger partial charge in [0.15, 0.2) is 0 Å². The van der Waals surface area contributed by atoms with Gasteiger partial charge in [0.25, 0.3) is 0 Å². The van der Waals surface area contributed by atoms with Gasteiger partial charge in [0, 0.05) is 5.70 Å². The first-order valence-electron chi connectivity index (χ1n) is 3.43. The molecular weight excluding hydrogens is 130 g/mol. The number of rotatable bonds is 2. The van der Waals surface area contributed by atoms with Crippen LogP contribution in [0.5, 0.6) is 0 Å². The lowest BCUT2D eigenvalue weighted by atomic mass is 10.1. The largest absolute Gasteiger partial charge is 0.336 e. The molecule has 0 saturated heterocycles. The molecule has 1 fully saturated rings. The molecule has 0 heterocycles. The van der Waals surface area contributed by atoms with Crippen molar-refractivity contribution in [2.75, 3.05) is 0 Å². The van der Waals surface area contributed by atoms with Gasteiger partial charge in [-0.2, -0.15) is 0 Å². The lowest BCUT2D eigenvalue weighted by molar-refractivity contribution is 0.627. The molecular formula is C7H13NS. The second kappa shape index (κ2) is 3.16. The first-order chi connectivity index (χ1) is 4.34. The van der Waals surface area contributed by atoms with Gasteiger partial charge in [-0.05, 0) is 18.8 Å². The van der Waals surface area contributed by atoms with E-state index < -0.39 is 0 Å². The number of allylic oxidation sites excluding steroid dienone is 1. The molecule has 0 atom stereocenters. The molecule has 2 heteroatoms. The molecule has 1 aliphatic rings. The standard InChI is InChI=1S/C7H13NS/c1-6(8-9)7-4-2-3-5-7/h7-9H,1-5H2. The minimum Gasteiger partial charge on any atom is -0.336 e. The normalized spacial score (nSPS) is 20.1. The highest BCUT2D eigenvalue weighted by atomic mass is 32.1. The highest BCUT2D eigenvalue weighted by Gasteiger charge is 2.16. The molecule has 0 amide bonds. The average Bonchev–Trinajstić information content (AvgIpc) is 2.37. The Balaban J connectivity index is 2.32. The first kappa shape index (κ1) is 7.00. The maximum absolute atomic E-state index is 3.94. The van der Waals surface area contributed by atoms with Gasteiger partial charge in [-0.25, -0.2) is 0 Å². The van der Waals surface area contributed by atoms with Crippen LogP contribution >= 0.6 is 12.8 Å². The van der Waals surface area contributed by atoms with Crippen LogP contribution in [0.25, 0.3) is 0 Å². The van der Waals surface area contributed by atoms with Gasteiger partial charge in [-0.3, -0.25) is 0 Å². The minimum absolute atomic E-state index is 0.697. The minimum atomic E-state index is 0.697. The second-order valence-electron chi connectivity index (χ2n) is 2.62. The molecule has 0 unspecified atom stereocenters. The van der Waals surface area contributed by atoms with Gasteiger partial charge in [0.05, 0.1) is 0 Å². The molecule has 0 bridgehead atoms. The predicted octanol–water partition coefficient (Wildman–Crippen LogP) is 2.12. The molecule has 0 aromatic heterocycles. The molecule has 0 aromatic carbocycles. The van der Waals surface area contributed by atoms with Crippen LogP contribution in [0.4, 0.5) is 0 Å². The molecule has 0 spiro atoms. The summed E-state index contributed by atoms with van der Waals surface area (Å²) in [5, 5.41) is 0. The van der Waals surface area contributed by atoms with E-state index in [1.807, 2.05) is 0 Å². The molecule has 1 rings (SSSR count). The van der Waals surface area contributed by atoms with E-state index in [0.717, 1.165) is 5.70 Å². The van der Waals surface area contributed by atoms with Crippen molar-refractivity contribution in [2.24, 2.45) is 5.92 Å². The van der Waals surface area contributed by atoms with Crippen molar-refractivity contribution in [3.63, 3.8) is 0 Å². The van der Waals surface area contributed by atoms with Crippen molar-refractivity contribution >= 4 is 12.8 Å². The third-order valence-electron chi connectivity index (χ3n) is 1.99. The lowest BCUT2D eigenvalue weighted by Gasteiger charge is -2.09. The fourth-order valence-corrected chi connectivity index (χ4v) is 1.55. The molecule has 1 aliphatic carbocycles. The van der Waals surface area contributed by atoms with Gasteiger partial charge in [0.1, 0.15) is 0 Å². The Hall–Kier alpha value is -0.110. The third kappa shape index (κ3) is 1.65. The van der Waals surface area contributed by atoms with Crippen molar-refractivity contribution in [2.45, 2.75) is 25.7 Å². The highest BCUT2D eigenvalue weighted by molar-refractivity contribution is 7.78. The smallest absolute Gasteiger partial charge is 0.0167 e. The van der Waals surface area contributed by atoms with Crippen LogP contribution < -0.4 is 4.72 Å². The predicted molar refractivity (Wildman–Crippen MR) is 43.2 cm³/mol. The Bertz CT molecular complexity index is 105. The van der Waals surface area contributed by atoms with Gasteiger partial charge in [-0.1, -0.05) is 32.2 Å². The summed E-state index contributed by atoms with van der Waals surface area (Å²) < 4.78 is 2.81. The van der Waals surface area contributed by atoms with Crippen LogP contribution in [0.15, 0.2) is 12.3 Å². The fraction of sp³-hybridized carbons (Fsp3) is 0.714. The molecule has 1 nitrogen and oxygen atoms in total. The van der Waals surface area contributed by atoms with E-state index in [0.29, 0.717) is 5.92 Å². The monoisotopic (exact) mass is 143 g/mol. The van der Waals surface area contributed by atoms with Crippen LogP contribution in [-0.2, 0) is 0 Å². The highest BCUT2D eigenvalue weighted by Crippen LogP contribution is 2.28. The zero-order valence-corrected chi connectivity index (χ0v) is 6.45. The van der Waals surface area contributed by atoms with Crippen LogP contribution in [0, 0.1) is 5.92 Å². The Labute approximate surface area is 62.1 Å². The van der Waals surface area contributed by atoms with Crippen LogP contribution in [0.3, 0.4) is 0 Å². The van der Waals surface area contributed by atoms with Crippen LogP contribution in [0.1, 0.15) is 25.7 Å². The second-order valence-corrected chi connectivity index (χ2v) is 2.84. The zero-order chi connectivity index (χ0) is 6.69. The van der Waals surface area contributed by atoms with Crippen molar-refractivity contribution in [3.05, 3.63) is 12.3 Å². The van der Waals surface area contributed by atoms with E-state index in [-0.39, 0.29) is 0 Å². The molecule has 52 valence electrons. The molecule has 0 radical (unpaired) electrons. The first-order valence-corrected chi connectivity index (χ1v) is 3.88. The van der Waals surface area contributed by atoms with Gasteiger partial charge in [-0.15, -0.1) is 0 Å². The van der Waals surface area contributed by atoms with E-state index >= 15 is 0 Å². The Morgan fingerprint density at radius 3 is 2.44 bits per heavy atom. The number of thiol groups is 1. The third-order valence-corrected chi connectivity index (χ3v) is 2.28.